The van der Waals surface area contributed by atoms with Crippen LogP contribution in [0.25, 0.3) is 10.8 Å². The highest BCUT2D eigenvalue weighted by Gasteiger charge is 2.30. The van der Waals surface area contributed by atoms with E-state index < -0.39 is 27.4 Å². The molecule has 1 aromatic carbocycles. The van der Waals surface area contributed by atoms with Gasteiger partial charge in [-0.3, -0.25) is 4.72 Å². The van der Waals surface area contributed by atoms with Crippen LogP contribution in [0, 0.1) is 11.6 Å². The summed E-state index contributed by atoms with van der Waals surface area (Å²) in [6, 6.07) is 4.25. The lowest BCUT2D eigenvalue weighted by molar-refractivity contribution is 0.423. The van der Waals surface area contributed by atoms with Gasteiger partial charge in [-0.2, -0.15) is 4.98 Å². The summed E-state index contributed by atoms with van der Waals surface area (Å²) in [5.74, 6) is -1.02. The molecule has 0 aliphatic heterocycles. The quantitative estimate of drug-likeness (QED) is 0.682. The third kappa shape index (κ3) is 3.61. The van der Waals surface area contributed by atoms with E-state index in [1.165, 1.54) is 11.3 Å². The Labute approximate surface area is 151 Å². The van der Waals surface area contributed by atoms with Crippen molar-refractivity contribution in [2.75, 3.05) is 4.72 Å². The summed E-state index contributed by atoms with van der Waals surface area (Å²) in [5.41, 5.74) is 0.0147. The van der Waals surface area contributed by atoms with Crippen LogP contribution in [-0.2, 0) is 15.8 Å². The normalized spacial score (nSPS) is 14.5. The number of nitrogens with one attached hydrogen (secondary N) is 1. The fraction of sp³-hybridized carbons (Fsp3) is 0.250. The number of sulfonamides is 1. The molecule has 1 N–H and O–H groups in total. The van der Waals surface area contributed by atoms with Crippen LogP contribution in [0.1, 0.15) is 30.1 Å². The van der Waals surface area contributed by atoms with Crippen molar-refractivity contribution in [3.8, 4) is 10.8 Å². The van der Waals surface area contributed by atoms with E-state index in [2.05, 4.69) is 14.9 Å². The summed E-state index contributed by atoms with van der Waals surface area (Å²) in [6.45, 7) is 0. The number of aromatic nitrogens is 2. The zero-order valence-corrected chi connectivity index (χ0v) is 14.9. The van der Waals surface area contributed by atoms with Gasteiger partial charge in [-0.15, -0.1) is 11.3 Å². The average Bonchev–Trinajstić information content (AvgIpc) is 3.13. The first kappa shape index (κ1) is 17.1. The van der Waals surface area contributed by atoms with Crippen molar-refractivity contribution in [1.29, 1.82) is 0 Å². The molecule has 4 rings (SSSR count). The van der Waals surface area contributed by atoms with Crippen LogP contribution >= 0.6 is 11.3 Å². The molecular formula is C16H13F2N3O3S2. The predicted molar refractivity (Wildman–Crippen MR) is 92.2 cm³/mol. The molecule has 0 radical (unpaired) electrons. The highest BCUT2D eigenvalue weighted by molar-refractivity contribution is 7.92. The number of hydrogen-bond donors (Lipinski definition) is 1. The molecule has 2 heterocycles. The van der Waals surface area contributed by atoms with Gasteiger partial charge in [0.25, 0.3) is 5.89 Å². The Morgan fingerprint density at radius 3 is 2.85 bits per heavy atom. The zero-order chi connectivity index (χ0) is 18.3. The van der Waals surface area contributed by atoms with Gasteiger partial charge in [0.05, 0.1) is 11.4 Å². The fourth-order valence-electron chi connectivity index (χ4n) is 2.45. The van der Waals surface area contributed by atoms with Crippen molar-refractivity contribution in [3.63, 3.8) is 0 Å². The Balaban J connectivity index is 1.56. The molecule has 0 unspecified atom stereocenters. The van der Waals surface area contributed by atoms with Crippen LogP contribution in [0.2, 0.25) is 0 Å². The Morgan fingerprint density at radius 2 is 2.08 bits per heavy atom. The molecule has 1 aliphatic carbocycles. The fourth-order valence-corrected chi connectivity index (χ4v) is 4.49. The van der Waals surface area contributed by atoms with Crippen LogP contribution in [-0.4, -0.2) is 18.6 Å². The van der Waals surface area contributed by atoms with E-state index in [1.807, 2.05) is 0 Å². The first-order chi connectivity index (χ1) is 12.4. The Kier molecular flexibility index (Phi) is 4.23. The molecule has 3 aromatic rings. The van der Waals surface area contributed by atoms with Crippen LogP contribution < -0.4 is 4.72 Å². The second-order valence-corrected chi connectivity index (χ2v) is 8.63. The first-order valence-electron chi connectivity index (χ1n) is 7.77. The van der Waals surface area contributed by atoms with E-state index in [1.54, 1.807) is 11.4 Å². The molecule has 0 saturated heterocycles. The number of benzene rings is 1. The van der Waals surface area contributed by atoms with Gasteiger partial charge in [0.1, 0.15) is 16.5 Å². The maximum absolute atomic E-state index is 13.7. The third-order valence-corrected chi connectivity index (χ3v) is 5.99. The standard InChI is InChI=1S/C16H13F2N3O3S2/c17-11-3-4-12(18)10(7-11)8-26(22,23)21-13-5-6-25-14(13)16-19-15(20-24-16)9-1-2-9/h3-7,9,21H,1-2,8H2. The SMILES string of the molecule is O=S(=O)(Cc1cc(F)ccc1F)Nc1ccsc1-c1nc(C2CC2)no1. The summed E-state index contributed by atoms with van der Waals surface area (Å²) in [5, 5.41) is 5.59. The number of rotatable bonds is 6. The highest BCUT2D eigenvalue weighted by atomic mass is 32.2. The minimum Gasteiger partial charge on any atom is -0.333 e. The lowest BCUT2D eigenvalue weighted by atomic mass is 10.2. The topological polar surface area (TPSA) is 85.1 Å². The van der Waals surface area contributed by atoms with Crippen molar-refractivity contribution < 1.29 is 21.7 Å². The molecule has 6 nitrogen and oxygen atoms in total. The molecule has 0 bridgehead atoms. The van der Waals surface area contributed by atoms with E-state index in [9.17, 15) is 17.2 Å². The van der Waals surface area contributed by atoms with Crippen molar-refractivity contribution in [1.82, 2.24) is 10.1 Å². The lowest BCUT2D eigenvalue weighted by Crippen LogP contribution is -2.16. The molecule has 2 aromatic heterocycles. The Hall–Kier alpha value is -2.33. The second kappa shape index (κ2) is 6.44. The van der Waals surface area contributed by atoms with Gasteiger partial charge in [-0.1, -0.05) is 5.16 Å². The van der Waals surface area contributed by atoms with Gasteiger partial charge in [-0.05, 0) is 42.5 Å². The van der Waals surface area contributed by atoms with Crippen LogP contribution in [0.3, 0.4) is 0 Å². The molecule has 1 aliphatic rings. The third-order valence-electron chi connectivity index (χ3n) is 3.86. The van der Waals surface area contributed by atoms with Gasteiger partial charge in [0.15, 0.2) is 5.82 Å². The minimum absolute atomic E-state index is 0.233. The average molecular weight is 397 g/mol. The van der Waals surface area contributed by atoms with Gasteiger partial charge in [0.2, 0.25) is 10.0 Å². The number of hydrogen-bond acceptors (Lipinski definition) is 6. The van der Waals surface area contributed by atoms with Gasteiger partial charge in [0, 0.05) is 11.5 Å². The van der Waals surface area contributed by atoms with Crippen LogP contribution in [0.5, 0.6) is 0 Å². The van der Waals surface area contributed by atoms with Crippen LogP contribution in [0.15, 0.2) is 34.2 Å². The number of nitrogens with zero attached hydrogens (tertiary/aromatic N) is 2. The van der Waals surface area contributed by atoms with E-state index in [0.717, 1.165) is 31.0 Å². The molecule has 1 saturated carbocycles. The van der Waals surface area contributed by atoms with Crippen molar-refractivity contribution in [3.05, 3.63) is 52.7 Å². The maximum Gasteiger partial charge on any atom is 0.270 e. The smallest absolute Gasteiger partial charge is 0.270 e. The van der Waals surface area contributed by atoms with Gasteiger partial charge in [-0.25, -0.2) is 17.2 Å². The van der Waals surface area contributed by atoms with E-state index in [0.29, 0.717) is 16.6 Å². The predicted octanol–water partition coefficient (Wildman–Crippen LogP) is 3.90. The second-order valence-electron chi connectivity index (χ2n) is 5.99. The summed E-state index contributed by atoms with van der Waals surface area (Å²) < 4.78 is 59.3. The van der Waals surface area contributed by atoms with Gasteiger partial charge >= 0.3 is 0 Å². The summed E-state index contributed by atoms with van der Waals surface area (Å²) in [7, 11) is -3.96. The van der Waals surface area contributed by atoms with E-state index >= 15 is 0 Å². The molecule has 0 amide bonds. The maximum atomic E-state index is 13.7. The van der Waals surface area contributed by atoms with Gasteiger partial charge < -0.3 is 4.52 Å². The molecular weight excluding hydrogens is 384 g/mol. The highest BCUT2D eigenvalue weighted by Crippen LogP contribution is 2.40. The molecule has 26 heavy (non-hydrogen) atoms. The molecule has 0 atom stereocenters. The first-order valence-corrected chi connectivity index (χ1v) is 10.3. The summed E-state index contributed by atoms with van der Waals surface area (Å²) in [4.78, 5) is 4.78. The summed E-state index contributed by atoms with van der Waals surface area (Å²) in [6.07, 6.45) is 2.03. The zero-order valence-electron chi connectivity index (χ0n) is 13.3. The number of thiophene rings is 1. The number of halogens is 2. The molecule has 136 valence electrons. The molecule has 10 heteroatoms. The van der Waals surface area contributed by atoms with Crippen molar-refractivity contribution in [2.24, 2.45) is 0 Å². The molecule has 1 fully saturated rings. The van der Waals surface area contributed by atoms with Crippen molar-refractivity contribution in [2.45, 2.75) is 24.5 Å². The monoisotopic (exact) mass is 397 g/mol. The van der Waals surface area contributed by atoms with E-state index in [4.69, 9.17) is 4.52 Å². The van der Waals surface area contributed by atoms with Crippen LogP contribution in [0.4, 0.5) is 14.5 Å². The van der Waals surface area contributed by atoms with Crippen molar-refractivity contribution >= 4 is 27.0 Å². The lowest BCUT2D eigenvalue weighted by Gasteiger charge is -2.08. The minimum atomic E-state index is -3.96. The molecule has 0 spiro atoms. The van der Waals surface area contributed by atoms with E-state index in [-0.39, 0.29) is 17.1 Å². The summed E-state index contributed by atoms with van der Waals surface area (Å²) >= 11 is 1.24. The number of anilines is 1. The largest absolute Gasteiger partial charge is 0.333 e. The Morgan fingerprint density at radius 1 is 1.27 bits per heavy atom. The Bertz CT molecular complexity index is 1060.